The topological polar surface area (TPSA) is 85.2 Å². The zero-order valence-corrected chi connectivity index (χ0v) is 19.0. The van der Waals surface area contributed by atoms with E-state index in [-0.39, 0.29) is 12.3 Å². The van der Waals surface area contributed by atoms with Crippen molar-refractivity contribution in [3.05, 3.63) is 41.0 Å². The van der Waals surface area contributed by atoms with Crippen LogP contribution in [0.15, 0.2) is 35.6 Å². The standard InChI is InChI=1S/C21H25ClN6O2S/c1-2-31-21-25-19(27-9-11-30-12-10-27)16-14-24-28(20(16)26-21)8-7-23-18(29)13-15-5-3-4-6-17(15)22/h3-6,14H,2,7-13H2,1H3,(H,23,29). The number of thioether (sulfide) groups is 1. The second kappa shape index (κ2) is 10.3. The lowest BCUT2D eigenvalue weighted by Crippen LogP contribution is -2.37. The Balaban J connectivity index is 1.47. The summed E-state index contributed by atoms with van der Waals surface area (Å²) in [7, 11) is 0. The summed E-state index contributed by atoms with van der Waals surface area (Å²) in [6.07, 6.45) is 2.06. The molecule has 1 aliphatic rings. The molecule has 1 N–H and O–H groups in total. The number of aromatic nitrogens is 4. The number of fused-ring (bicyclic) bond motifs is 1. The predicted molar refractivity (Wildman–Crippen MR) is 123 cm³/mol. The second-order valence-electron chi connectivity index (χ2n) is 7.09. The minimum Gasteiger partial charge on any atom is -0.378 e. The van der Waals surface area contributed by atoms with Gasteiger partial charge in [0.15, 0.2) is 10.8 Å². The van der Waals surface area contributed by atoms with Crippen LogP contribution in [0.4, 0.5) is 5.82 Å². The summed E-state index contributed by atoms with van der Waals surface area (Å²) < 4.78 is 7.31. The van der Waals surface area contributed by atoms with Crippen molar-refractivity contribution in [2.75, 3.05) is 43.5 Å². The molecule has 0 aliphatic carbocycles. The molecule has 0 atom stereocenters. The van der Waals surface area contributed by atoms with Crippen molar-refractivity contribution in [2.24, 2.45) is 0 Å². The van der Waals surface area contributed by atoms with Crippen molar-refractivity contribution in [3.63, 3.8) is 0 Å². The second-order valence-corrected chi connectivity index (χ2v) is 8.72. The van der Waals surface area contributed by atoms with Crippen LogP contribution in [-0.4, -0.2) is 64.3 Å². The molecular formula is C21H25ClN6O2S. The highest BCUT2D eigenvalue weighted by Crippen LogP contribution is 2.27. The number of benzene rings is 1. The summed E-state index contributed by atoms with van der Waals surface area (Å²) in [4.78, 5) is 24.0. The molecule has 1 saturated heterocycles. The predicted octanol–water partition coefficient (Wildman–Crippen LogP) is 2.79. The minimum atomic E-state index is -0.0737. The first-order valence-electron chi connectivity index (χ1n) is 10.3. The summed E-state index contributed by atoms with van der Waals surface area (Å²) >= 11 is 7.75. The third-order valence-corrected chi connectivity index (χ3v) is 6.09. The maximum absolute atomic E-state index is 12.3. The number of morpholine rings is 1. The fourth-order valence-electron chi connectivity index (χ4n) is 3.47. The number of carbonyl (C=O) groups is 1. The first-order chi connectivity index (χ1) is 15.2. The van der Waals surface area contributed by atoms with E-state index in [1.165, 1.54) is 0 Å². The Labute approximate surface area is 190 Å². The van der Waals surface area contributed by atoms with Crippen molar-refractivity contribution >= 4 is 46.1 Å². The van der Waals surface area contributed by atoms with Gasteiger partial charge in [0.25, 0.3) is 0 Å². The van der Waals surface area contributed by atoms with E-state index in [2.05, 4.69) is 22.2 Å². The van der Waals surface area contributed by atoms with Gasteiger partial charge in [0, 0.05) is 24.7 Å². The smallest absolute Gasteiger partial charge is 0.224 e. The third kappa shape index (κ3) is 5.28. The van der Waals surface area contributed by atoms with Gasteiger partial charge in [0.2, 0.25) is 5.91 Å². The van der Waals surface area contributed by atoms with E-state index in [1.807, 2.05) is 29.1 Å². The SMILES string of the molecule is CCSc1nc(N2CCOCC2)c2cnn(CCNC(=O)Cc3ccccc3Cl)c2n1. The normalized spacial score (nSPS) is 14.2. The molecule has 0 unspecified atom stereocenters. The molecule has 1 amide bonds. The number of amides is 1. The molecule has 0 radical (unpaired) electrons. The minimum absolute atomic E-state index is 0.0737. The van der Waals surface area contributed by atoms with Crippen LogP contribution >= 0.6 is 23.4 Å². The van der Waals surface area contributed by atoms with Gasteiger partial charge in [-0.1, -0.05) is 48.5 Å². The van der Waals surface area contributed by atoms with Gasteiger partial charge < -0.3 is 15.0 Å². The Morgan fingerprint density at radius 3 is 2.84 bits per heavy atom. The monoisotopic (exact) mass is 460 g/mol. The van der Waals surface area contributed by atoms with E-state index in [4.69, 9.17) is 26.3 Å². The zero-order chi connectivity index (χ0) is 21.6. The van der Waals surface area contributed by atoms with Crippen molar-refractivity contribution in [3.8, 4) is 0 Å². The number of hydrogen-bond donors (Lipinski definition) is 1. The van der Waals surface area contributed by atoms with Crippen LogP contribution < -0.4 is 10.2 Å². The largest absolute Gasteiger partial charge is 0.378 e. The highest BCUT2D eigenvalue weighted by molar-refractivity contribution is 7.99. The van der Waals surface area contributed by atoms with E-state index in [0.29, 0.717) is 31.3 Å². The van der Waals surface area contributed by atoms with Crippen molar-refractivity contribution < 1.29 is 9.53 Å². The van der Waals surface area contributed by atoms with Crippen LogP contribution in [0.25, 0.3) is 11.0 Å². The Kier molecular flexibility index (Phi) is 7.26. The Bertz CT molecular complexity index is 1050. The van der Waals surface area contributed by atoms with Gasteiger partial charge in [0.05, 0.1) is 37.8 Å². The first-order valence-corrected chi connectivity index (χ1v) is 11.7. The molecule has 1 aromatic carbocycles. The molecule has 1 aliphatic heterocycles. The summed E-state index contributed by atoms with van der Waals surface area (Å²) in [6.45, 7) is 6.02. The molecular weight excluding hydrogens is 436 g/mol. The molecule has 31 heavy (non-hydrogen) atoms. The fraction of sp³-hybridized carbons (Fsp3) is 0.429. The van der Waals surface area contributed by atoms with Gasteiger partial charge in [-0.15, -0.1) is 0 Å². The molecule has 4 rings (SSSR count). The highest BCUT2D eigenvalue weighted by atomic mass is 35.5. The van der Waals surface area contributed by atoms with Gasteiger partial charge in [-0.05, 0) is 17.4 Å². The average molecular weight is 461 g/mol. The average Bonchev–Trinajstić information content (AvgIpc) is 3.18. The molecule has 3 heterocycles. The van der Waals surface area contributed by atoms with E-state index in [1.54, 1.807) is 17.8 Å². The van der Waals surface area contributed by atoms with E-state index >= 15 is 0 Å². The number of nitrogens with zero attached hydrogens (tertiary/aromatic N) is 5. The molecule has 2 aromatic heterocycles. The van der Waals surface area contributed by atoms with Gasteiger partial charge in [-0.25, -0.2) is 14.6 Å². The van der Waals surface area contributed by atoms with Crippen molar-refractivity contribution in [1.82, 2.24) is 25.1 Å². The van der Waals surface area contributed by atoms with Crippen LogP contribution in [0.5, 0.6) is 0 Å². The molecule has 0 saturated carbocycles. The number of nitrogens with one attached hydrogen (secondary N) is 1. The number of halogens is 1. The van der Waals surface area contributed by atoms with Gasteiger partial charge in [0.1, 0.15) is 5.82 Å². The lowest BCUT2D eigenvalue weighted by Gasteiger charge is -2.28. The van der Waals surface area contributed by atoms with Crippen LogP contribution in [-0.2, 0) is 22.5 Å². The van der Waals surface area contributed by atoms with E-state index in [0.717, 1.165) is 46.4 Å². The maximum Gasteiger partial charge on any atom is 0.224 e. The lowest BCUT2D eigenvalue weighted by atomic mass is 10.1. The summed E-state index contributed by atoms with van der Waals surface area (Å²) in [5.41, 5.74) is 1.60. The Morgan fingerprint density at radius 2 is 2.06 bits per heavy atom. The van der Waals surface area contributed by atoms with Crippen molar-refractivity contribution in [2.45, 2.75) is 25.0 Å². The fourth-order valence-corrected chi connectivity index (χ4v) is 4.24. The molecule has 164 valence electrons. The number of rotatable bonds is 8. The molecule has 10 heteroatoms. The summed E-state index contributed by atoms with van der Waals surface area (Å²) in [5, 5.41) is 9.73. The van der Waals surface area contributed by atoms with Gasteiger partial charge in [-0.3, -0.25) is 4.79 Å². The number of carbonyl (C=O) groups excluding carboxylic acids is 1. The Morgan fingerprint density at radius 1 is 1.26 bits per heavy atom. The van der Waals surface area contributed by atoms with E-state index < -0.39 is 0 Å². The van der Waals surface area contributed by atoms with Crippen LogP contribution in [0.1, 0.15) is 12.5 Å². The molecule has 8 nitrogen and oxygen atoms in total. The van der Waals surface area contributed by atoms with Crippen LogP contribution in [0, 0.1) is 0 Å². The van der Waals surface area contributed by atoms with Crippen LogP contribution in [0.3, 0.4) is 0 Å². The third-order valence-electron chi connectivity index (χ3n) is 4.99. The summed E-state index contributed by atoms with van der Waals surface area (Å²) in [6, 6.07) is 7.38. The molecule has 1 fully saturated rings. The molecule has 0 bridgehead atoms. The maximum atomic E-state index is 12.3. The summed E-state index contributed by atoms with van der Waals surface area (Å²) in [5.74, 6) is 1.72. The number of hydrogen-bond acceptors (Lipinski definition) is 7. The molecule has 3 aromatic rings. The number of anilines is 1. The van der Waals surface area contributed by atoms with Gasteiger partial charge in [-0.2, -0.15) is 5.10 Å². The molecule has 0 spiro atoms. The quantitative estimate of drug-likeness (QED) is 0.408. The Hall–Kier alpha value is -2.36. The first kappa shape index (κ1) is 21.9. The van der Waals surface area contributed by atoms with Gasteiger partial charge >= 0.3 is 0 Å². The highest BCUT2D eigenvalue weighted by Gasteiger charge is 2.20. The lowest BCUT2D eigenvalue weighted by molar-refractivity contribution is -0.120. The number of ether oxygens (including phenoxy) is 1. The van der Waals surface area contributed by atoms with E-state index in [9.17, 15) is 4.79 Å². The van der Waals surface area contributed by atoms with Crippen LogP contribution in [0.2, 0.25) is 5.02 Å². The zero-order valence-electron chi connectivity index (χ0n) is 17.4. The van der Waals surface area contributed by atoms with Crippen molar-refractivity contribution in [1.29, 1.82) is 0 Å².